The Morgan fingerprint density at radius 1 is 1.32 bits per heavy atom. The molecule has 1 fully saturated rings. The summed E-state index contributed by atoms with van der Waals surface area (Å²) in [5.41, 5.74) is 0.822. The molecule has 0 radical (unpaired) electrons. The van der Waals surface area contributed by atoms with Gasteiger partial charge in [-0.25, -0.2) is 4.79 Å². The SMILES string of the molecule is O=C(O)[C@@H](Cc1ccccc1)N1C(=O)/C(=C\c2ccc(Br)o2)SC1=S. The van der Waals surface area contributed by atoms with Crippen molar-refractivity contribution in [3.63, 3.8) is 0 Å². The van der Waals surface area contributed by atoms with Gasteiger partial charge in [-0.05, 0) is 33.6 Å². The maximum Gasteiger partial charge on any atom is 0.327 e. The van der Waals surface area contributed by atoms with Gasteiger partial charge in [0.05, 0.1) is 4.91 Å². The number of amides is 1. The predicted octanol–water partition coefficient (Wildman–Crippen LogP) is 3.94. The first-order valence-electron chi connectivity index (χ1n) is 7.25. The Bertz CT molecular complexity index is 863. The van der Waals surface area contributed by atoms with Crippen molar-refractivity contribution in [3.05, 3.63) is 63.4 Å². The van der Waals surface area contributed by atoms with Crippen molar-refractivity contribution in [2.24, 2.45) is 0 Å². The molecule has 1 aliphatic heterocycles. The lowest BCUT2D eigenvalue weighted by Gasteiger charge is -2.23. The number of aliphatic carboxylic acids is 1. The van der Waals surface area contributed by atoms with E-state index in [2.05, 4.69) is 15.9 Å². The number of carbonyl (C=O) groups is 2. The highest BCUT2D eigenvalue weighted by Crippen LogP contribution is 2.35. The number of hydrogen-bond donors (Lipinski definition) is 1. The maximum absolute atomic E-state index is 12.7. The smallest absolute Gasteiger partial charge is 0.327 e. The molecule has 2 aromatic rings. The molecule has 0 unspecified atom stereocenters. The summed E-state index contributed by atoms with van der Waals surface area (Å²) >= 11 is 9.52. The molecule has 1 aromatic carbocycles. The van der Waals surface area contributed by atoms with Crippen molar-refractivity contribution in [2.45, 2.75) is 12.5 Å². The normalized spacial score (nSPS) is 17.3. The quantitative estimate of drug-likeness (QED) is 0.564. The minimum atomic E-state index is -1.10. The predicted molar refractivity (Wildman–Crippen MR) is 103 cm³/mol. The Morgan fingerprint density at radius 2 is 2.04 bits per heavy atom. The zero-order valence-electron chi connectivity index (χ0n) is 12.7. The monoisotopic (exact) mass is 437 g/mol. The summed E-state index contributed by atoms with van der Waals surface area (Å²) in [6.07, 6.45) is 1.74. The van der Waals surface area contributed by atoms with E-state index in [1.807, 2.05) is 30.3 Å². The molecule has 1 aromatic heterocycles. The molecule has 1 amide bonds. The number of benzene rings is 1. The summed E-state index contributed by atoms with van der Waals surface area (Å²) in [6.45, 7) is 0. The molecule has 1 aliphatic rings. The lowest BCUT2D eigenvalue weighted by Crippen LogP contribution is -2.45. The highest BCUT2D eigenvalue weighted by atomic mass is 79.9. The van der Waals surface area contributed by atoms with Gasteiger partial charge in [0, 0.05) is 12.5 Å². The minimum Gasteiger partial charge on any atom is -0.480 e. The van der Waals surface area contributed by atoms with E-state index in [1.54, 1.807) is 18.2 Å². The molecule has 1 N–H and O–H groups in total. The number of rotatable bonds is 5. The molecule has 1 saturated heterocycles. The highest BCUT2D eigenvalue weighted by Gasteiger charge is 2.40. The number of nitrogens with zero attached hydrogens (tertiary/aromatic N) is 1. The number of carbonyl (C=O) groups excluding carboxylic acids is 1. The zero-order valence-corrected chi connectivity index (χ0v) is 15.9. The van der Waals surface area contributed by atoms with E-state index >= 15 is 0 Å². The standard InChI is InChI=1S/C17H12BrNO4S2/c18-14-7-6-11(23-14)9-13-15(20)19(17(24)25-13)12(16(21)22)8-10-4-2-1-3-5-10/h1-7,9,12H,8H2,(H,21,22)/b13-9+/t12-/m1/s1. The van der Waals surface area contributed by atoms with Crippen molar-refractivity contribution < 1.29 is 19.1 Å². The number of carboxylic acids is 1. The fraction of sp³-hybridized carbons (Fsp3) is 0.118. The Kier molecular flexibility index (Phi) is 5.41. The molecule has 5 nitrogen and oxygen atoms in total. The van der Waals surface area contributed by atoms with Gasteiger partial charge < -0.3 is 9.52 Å². The third-order valence-corrected chi connectivity index (χ3v) is 5.32. The van der Waals surface area contributed by atoms with Gasteiger partial charge in [-0.15, -0.1) is 0 Å². The van der Waals surface area contributed by atoms with Gasteiger partial charge in [-0.2, -0.15) is 0 Å². The molecule has 3 rings (SSSR count). The van der Waals surface area contributed by atoms with Crippen LogP contribution in [0.15, 0.2) is 56.5 Å². The Morgan fingerprint density at radius 3 is 2.64 bits per heavy atom. The average molecular weight is 438 g/mol. The fourth-order valence-electron chi connectivity index (χ4n) is 2.41. The van der Waals surface area contributed by atoms with Crippen LogP contribution in [0.25, 0.3) is 6.08 Å². The van der Waals surface area contributed by atoms with Gasteiger partial charge in [-0.3, -0.25) is 9.69 Å². The first kappa shape index (κ1) is 17.9. The summed E-state index contributed by atoms with van der Waals surface area (Å²) < 4.78 is 6.13. The number of halogens is 1. The van der Waals surface area contributed by atoms with Crippen LogP contribution in [0.3, 0.4) is 0 Å². The van der Waals surface area contributed by atoms with Crippen LogP contribution in [-0.2, 0) is 16.0 Å². The lowest BCUT2D eigenvalue weighted by molar-refractivity contribution is -0.145. The van der Waals surface area contributed by atoms with Gasteiger partial charge in [0.1, 0.15) is 16.1 Å². The summed E-state index contributed by atoms with van der Waals surface area (Å²) in [5, 5.41) is 9.60. The second kappa shape index (κ2) is 7.55. The fourth-order valence-corrected chi connectivity index (χ4v) is 4.07. The van der Waals surface area contributed by atoms with Crippen LogP contribution in [-0.4, -0.2) is 32.2 Å². The minimum absolute atomic E-state index is 0.183. The number of thiocarbonyl (C=S) groups is 1. The highest BCUT2D eigenvalue weighted by molar-refractivity contribution is 9.10. The van der Waals surface area contributed by atoms with Crippen molar-refractivity contribution in [2.75, 3.05) is 0 Å². The second-order valence-electron chi connectivity index (χ2n) is 5.24. The van der Waals surface area contributed by atoms with Crippen LogP contribution in [0.4, 0.5) is 0 Å². The van der Waals surface area contributed by atoms with Crippen LogP contribution >= 0.6 is 39.9 Å². The van der Waals surface area contributed by atoms with E-state index in [-0.39, 0.29) is 10.7 Å². The zero-order chi connectivity index (χ0) is 18.0. The van der Waals surface area contributed by atoms with E-state index in [0.717, 1.165) is 17.3 Å². The van der Waals surface area contributed by atoms with E-state index in [9.17, 15) is 14.7 Å². The van der Waals surface area contributed by atoms with Gasteiger partial charge in [-0.1, -0.05) is 54.3 Å². The molecule has 0 spiro atoms. The molecular formula is C17H12BrNO4S2. The molecule has 0 saturated carbocycles. The van der Waals surface area contributed by atoms with Crippen LogP contribution in [0.2, 0.25) is 0 Å². The van der Waals surface area contributed by atoms with E-state index in [4.69, 9.17) is 16.6 Å². The van der Waals surface area contributed by atoms with Crippen LogP contribution in [0, 0.1) is 0 Å². The summed E-state index contributed by atoms with van der Waals surface area (Å²) in [7, 11) is 0. The third-order valence-electron chi connectivity index (χ3n) is 3.56. The first-order valence-corrected chi connectivity index (χ1v) is 9.26. The molecule has 0 bridgehead atoms. The largest absolute Gasteiger partial charge is 0.480 e. The van der Waals surface area contributed by atoms with Crippen molar-refractivity contribution in [1.29, 1.82) is 0 Å². The van der Waals surface area contributed by atoms with E-state index in [1.165, 1.54) is 4.90 Å². The van der Waals surface area contributed by atoms with Crippen molar-refractivity contribution in [3.8, 4) is 0 Å². The van der Waals surface area contributed by atoms with Crippen LogP contribution in [0.1, 0.15) is 11.3 Å². The number of carboxylic acid groups (broad SMARTS) is 1. The summed E-state index contributed by atoms with van der Waals surface area (Å²) in [4.78, 5) is 25.9. The van der Waals surface area contributed by atoms with Gasteiger partial charge in [0.25, 0.3) is 5.91 Å². The third kappa shape index (κ3) is 4.02. The lowest BCUT2D eigenvalue weighted by atomic mass is 10.0. The van der Waals surface area contributed by atoms with Crippen molar-refractivity contribution >= 4 is 62.2 Å². The van der Waals surface area contributed by atoms with Gasteiger partial charge in [0.2, 0.25) is 0 Å². The number of thioether (sulfide) groups is 1. The topological polar surface area (TPSA) is 70.8 Å². The molecule has 0 aliphatic carbocycles. The van der Waals surface area contributed by atoms with Crippen LogP contribution < -0.4 is 0 Å². The van der Waals surface area contributed by atoms with Crippen LogP contribution in [0.5, 0.6) is 0 Å². The molecule has 25 heavy (non-hydrogen) atoms. The Hall–Kier alpha value is -1.90. The van der Waals surface area contributed by atoms with Crippen molar-refractivity contribution in [1.82, 2.24) is 4.90 Å². The first-order chi connectivity index (χ1) is 12.0. The maximum atomic E-state index is 12.7. The summed E-state index contributed by atoms with van der Waals surface area (Å²) in [5.74, 6) is -1.03. The molecule has 2 heterocycles. The second-order valence-corrected chi connectivity index (χ2v) is 7.69. The molecular weight excluding hydrogens is 426 g/mol. The Labute approximate surface area is 161 Å². The molecule has 128 valence electrons. The van der Waals surface area contributed by atoms with Gasteiger partial charge >= 0.3 is 5.97 Å². The average Bonchev–Trinajstić information content (AvgIpc) is 3.10. The van der Waals surface area contributed by atoms with Gasteiger partial charge in [0.15, 0.2) is 4.67 Å². The van der Waals surface area contributed by atoms with E-state index < -0.39 is 17.9 Å². The number of furan rings is 1. The molecule has 8 heteroatoms. The Balaban J connectivity index is 1.86. The number of hydrogen-bond acceptors (Lipinski definition) is 5. The molecule has 1 atom stereocenters. The van der Waals surface area contributed by atoms with E-state index in [0.29, 0.717) is 15.3 Å². The summed E-state index contributed by atoms with van der Waals surface area (Å²) in [6, 6.07) is 11.5.